The van der Waals surface area contributed by atoms with Gasteiger partial charge in [-0.15, -0.1) is 0 Å². The van der Waals surface area contributed by atoms with E-state index in [1.54, 1.807) is 0 Å². The van der Waals surface area contributed by atoms with Crippen LogP contribution in [0.3, 0.4) is 0 Å². The molecule has 21 heavy (non-hydrogen) atoms. The molecule has 1 amide bonds. The van der Waals surface area contributed by atoms with E-state index in [-0.39, 0.29) is 18.1 Å². The topological polar surface area (TPSA) is 32.3 Å². The molecule has 0 aliphatic carbocycles. The van der Waals surface area contributed by atoms with Crippen LogP contribution in [0.25, 0.3) is 0 Å². The van der Waals surface area contributed by atoms with Gasteiger partial charge >= 0.3 is 0 Å². The third kappa shape index (κ3) is 3.85. The van der Waals surface area contributed by atoms with Crippen molar-refractivity contribution in [3.8, 4) is 0 Å². The quantitative estimate of drug-likeness (QED) is 0.869. The van der Waals surface area contributed by atoms with Crippen molar-refractivity contribution < 1.29 is 4.79 Å². The van der Waals surface area contributed by atoms with Gasteiger partial charge in [-0.05, 0) is 43.2 Å². The Balaban J connectivity index is 2.11. The molecule has 1 aliphatic heterocycles. The largest absolute Gasteiger partial charge is 0.319 e. The highest BCUT2D eigenvalue weighted by atomic mass is 16.2. The predicted molar refractivity (Wildman–Crippen MR) is 86.9 cm³/mol. The summed E-state index contributed by atoms with van der Waals surface area (Å²) in [4.78, 5) is 14.3. The average molecular weight is 288 g/mol. The lowest BCUT2D eigenvalue weighted by atomic mass is 10.0. The molecular weight excluding hydrogens is 260 g/mol. The predicted octanol–water partition coefficient (Wildman–Crippen LogP) is 3.50. The molecule has 1 fully saturated rings. The van der Waals surface area contributed by atoms with E-state index < -0.39 is 0 Å². The maximum atomic E-state index is 12.2. The molecule has 1 aromatic carbocycles. The lowest BCUT2D eigenvalue weighted by Crippen LogP contribution is -2.38. The SMILES string of the molecule is CCc1ccc(C2NCC(=O)N2C(C)CCC(C)C)cc1. The van der Waals surface area contributed by atoms with Crippen LogP contribution in [0.1, 0.15) is 57.8 Å². The summed E-state index contributed by atoms with van der Waals surface area (Å²) in [7, 11) is 0. The number of hydrogen-bond donors (Lipinski definition) is 1. The Kier molecular flexibility index (Phi) is 5.40. The van der Waals surface area contributed by atoms with E-state index in [2.05, 4.69) is 57.3 Å². The minimum atomic E-state index is 0.0329. The van der Waals surface area contributed by atoms with Gasteiger partial charge in [-0.1, -0.05) is 45.0 Å². The van der Waals surface area contributed by atoms with Crippen LogP contribution in [-0.4, -0.2) is 23.4 Å². The standard InChI is InChI=1S/C18H28N2O/c1-5-15-8-10-16(11-9-15)18-19-12-17(21)20(18)14(4)7-6-13(2)3/h8-11,13-14,18-19H,5-7,12H2,1-4H3. The molecule has 1 heterocycles. The average Bonchev–Trinajstić information content (AvgIpc) is 2.86. The van der Waals surface area contributed by atoms with E-state index in [0.717, 1.165) is 19.3 Å². The first-order valence-corrected chi connectivity index (χ1v) is 8.16. The monoisotopic (exact) mass is 288 g/mol. The third-order valence-electron chi connectivity index (χ3n) is 4.35. The van der Waals surface area contributed by atoms with Crippen LogP contribution < -0.4 is 5.32 Å². The van der Waals surface area contributed by atoms with Crippen molar-refractivity contribution in [3.63, 3.8) is 0 Å². The van der Waals surface area contributed by atoms with Crippen LogP contribution in [0.4, 0.5) is 0 Å². The van der Waals surface area contributed by atoms with Crippen molar-refractivity contribution in [2.45, 2.75) is 59.2 Å². The van der Waals surface area contributed by atoms with Gasteiger partial charge in [-0.25, -0.2) is 0 Å². The van der Waals surface area contributed by atoms with Crippen molar-refractivity contribution in [1.29, 1.82) is 0 Å². The number of aryl methyl sites for hydroxylation is 1. The number of benzene rings is 1. The highest BCUT2D eigenvalue weighted by Crippen LogP contribution is 2.27. The van der Waals surface area contributed by atoms with Gasteiger partial charge in [0.25, 0.3) is 0 Å². The maximum absolute atomic E-state index is 12.2. The highest BCUT2D eigenvalue weighted by Gasteiger charge is 2.34. The van der Waals surface area contributed by atoms with E-state index in [1.165, 1.54) is 11.1 Å². The third-order valence-corrected chi connectivity index (χ3v) is 4.35. The van der Waals surface area contributed by atoms with E-state index in [0.29, 0.717) is 12.5 Å². The van der Waals surface area contributed by atoms with Crippen molar-refractivity contribution >= 4 is 5.91 Å². The van der Waals surface area contributed by atoms with Gasteiger partial charge in [-0.3, -0.25) is 10.1 Å². The summed E-state index contributed by atoms with van der Waals surface area (Å²) in [5, 5.41) is 3.36. The van der Waals surface area contributed by atoms with Crippen LogP contribution in [-0.2, 0) is 11.2 Å². The van der Waals surface area contributed by atoms with Crippen LogP contribution in [0.15, 0.2) is 24.3 Å². The Morgan fingerprint density at radius 3 is 2.43 bits per heavy atom. The molecule has 0 saturated carbocycles. The minimum Gasteiger partial charge on any atom is -0.319 e. The molecule has 1 aliphatic rings. The van der Waals surface area contributed by atoms with Gasteiger partial charge in [0.1, 0.15) is 6.17 Å². The summed E-state index contributed by atoms with van der Waals surface area (Å²) >= 11 is 0. The second kappa shape index (κ2) is 7.08. The van der Waals surface area contributed by atoms with E-state index in [9.17, 15) is 4.79 Å². The van der Waals surface area contributed by atoms with Gasteiger partial charge in [-0.2, -0.15) is 0 Å². The van der Waals surface area contributed by atoms with E-state index >= 15 is 0 Å². The van der Waals surface area contributed by atoms with Gasteiger partial charge in [0, 0.05) is 6.04 Å². The lowest BCUT2D eigenvalue weighted by molar-refractivity contribution is -0.130. The lowest BCUT2D eigenvalue weighted by Gasteiger charge is -2.31. The second-order valence-electron chi connectivity index (χ2n) is 6.50. The zero-order valence-electron chi connectivity index (χ0n) is 13.7. The number of carbonyl (C=O) groups excluding carboxylic acids is 1. The zero-order chi connectivity index (χ0) is 15.4. The molecule has 2 atom stereocenters. The molecule has 2 rings (SSSR count). The van der Waals surface area contributed by atoms with Gasteiger partial charge in [0.15, 0.2) is 0 Å². The number of hydrogen-bond acceptors (Lipinski definition) is 2. The highest BCUT2D eigenvalue weighted by molar-refractivity contribution is 5.81. The van der Waals surface area contributed by atoms with Crippen molar-refractivity contribution in [2.75, 3.05) is 6.54 Å². The van der Waals surface area contributed by atoms with Crippen molar-refractivity contribution in [2.24, 2.45) is 5.92 Å². The Morgan fingerprint density at radius 1 is 1.19 bits per heavy atom. The van der Waals surface area contributed by atoms with Gasteiger partial charge < -0.3 is 4.90 Å². The number of rotatable bonds is 6. The number of amides is 1. The van der Waals surface area contributed by atoms with Gasteiger partial charge in [0.2, 0.25) is 5.91 Å². The van der Waals surface area contributed by atoms with Crippen molar-refractivity contribution in [1.82, 2.24) is 10.2 Å². The molecule has 0 spiro atoms. The van der Waals surface area contributed by atoms with Crippen LogP contribution in [0.2, 0.25) is 0 Å². The Morgan fingerprint density at radius 2 is 1.86 bits per heavy atom. The fourth-order valence-electron chi connectivity index (χ4n) is 2.95. The molecule has 2 unspecified atom stereocenters. The van der Waals surface area contributed by atoms with Gasteiger partial charge in [0.05, 0.1) is 6.54 Å². The molecule has 0 radical (unpaired) electrons. The van der Waals surface area contributed by atoms with E-state index in [4.69, 9.17) is 0 Å². The second-order valence-corrected chi connectivity index (χ2v) is 6.50. The first-order valence-electron chi connectivity index (χ1n) is 8.16. The zero-order valence-corrected chi connectivity index (χ0v) is 13.7. The minimum absolute atomic E-state index is 0.0329. The fraction of sp³-hybridized carbons (Fsp3) is 0.611. The molecule has 116 valence electrons. The molecule has 3 heteroatoms. The molecule has 3 nitrogen and oxygen atoms in total. The molecular formula is C18H28N2O. The molecule has 0 bridgehead atoms. The summed E-state index contributed by atoms with van der Waals surface area (Å²) in [6, 6.07) is 8.91. The smallest absolute Gasteiger partial charge is 0.238 e. The number of carbonyl (C=O) groups is 1. The summed E-state index contributed by atoms with van der Waals surface area (Å²) in [5.41, 5.74) is 2.52. The normalized spacial score (nSPS) is 20.3. The van der Waals surface area contributed by atoms with Crippen LogP contribution >= 0.6 is 0 Å². The first kappa shape index (κ1) is 16.0. The molecule has 0 aromatic heterocycles. The molecule has 1 N–H and O–H groups in total. The van der Waals surface area contributed by atoms with Crippen LogP contribution in [0.5, 0.6) is 0 Å². The summed E-state index contributed by atoms with van der Waals surface area (Å²) in [6.07, 6.45) is 3.30. The first-order chi connectivity index (χ1) is 10.0. The Bertz CT molecular complexity index is 467. The summed E-state index contributed by atoms with van der Waals surface area (Å²) in [6.45, 7) is 9.25. The number of nitrogens with one attached hydrogen (secondary N) is 1. The fourth-order valence-corrected chi connectivity index (χ4v) is 2.95. The molecule has 1 aromatic rings. The Hall–Kier alpha value is -1.35. The van der Waals surface area contributed by atoms with Crippen LogP contribution in [0, 0.1) is 5.92 Å². The summed E-state index contributed by atoms with van der Waals surface area (Å²) in [5.74, 6) is 0.899. The maximum Gasteiger partial charge on any atom is 0.238 e. The molecule has 1 saturated heterocycles. The summed E-state index contributed by atoms with van der Waals surface area (Å²) < 4.78 is 0. The number of nitrogens with zero attached hydrogens (tertiary/aromatic N) is 1. The van der Waals surface area contributed by atoms with E-state index in [1.807, 2.05) is 4.90 Å². The Labute approximate surface area is 128 Å². The van der Waals surface area contributed by atoms with Crippen molar-refractivity contribution in [3.05, 3.63) is 35.4 Å².